The van der Waals surface area contributed by atoms with Crippen molar-refractivity contribution in [2.75, 3.05) is 11.4 Å². The molecule has 1 aromatic rings. The number of rotatable bonds is 2. The van der Waals surface area contributed by atoms with E-state index in [0.29, 0.717) is 0 Å². The first-order valence-electron chi connectivity index (χ1n) is 6.74. The van der Waals surface area contributed by atoms with Gasteiger partial charge < -0.3 is 4.90 Å². The summed E-state index contributed by atoms with van der Waals surface area (Å²) in [5, 5.41) is 0. The molecule has 0 radical (unpaired) electrons. The van der Waals surface area contributed by atoms with Crippen molar-refractivity contribution in [1.82, 2.24) is 4.98 Å². The van der Waals surface area contributed by atoms with E-state index in [1.54, 1.807) is 0 Å². The molecule has 3 heteroatoms. The van der Waals surface area contributed by atoms with Crippen molar-refractivity contribution in [2.45, 2.75) is 44.6 Å². The van der Waals surface area contributed by atoms with Crippen LogP contribution in [0.1, 0.15) is 38.5 Å². The summed E-state index contributed by atoms with van der Waals surface area (Å²) in [7, 11) is 0. The topological polar surface area (TPSA) is 16.1 Å². The SMILES string of the molecule is Brc1cccc(N2CCCC2C2CCCC2)n1. The Kier molecular flexibility index (Phi) is 3.37. The molecule has 0 N–H and O–H groups in total. The Labute approximate surface area is 112 Å². The van der Waals surface area contributed by atoms with Gasteiger partial charge in [0, 0.05) is 12.6 Å². The van der Waals surface area contributed by atoms with Gasteiger partial charge in [-0.15, -0.1) is 0 Å². The molecule has 1 aliphatic heterocycles. The summed E-state index contributed by atoms with van der Waals surface area (Å²) in [5.74, 6) is 2.08. The van der Waals surface area contributed by atoms with E-state index >= 15 is 0 Å². The van der Waals surface area contributed by atoms with Crippen molar-refractivity contribution in [3.63, 3.8) is 0 Å². The highest BCUT2D eigenvalue weighted by atomic mass is 79.9. The number of hydrogen-bond acceptors (Lipinski definition) is 2. The van der Waals surface area contributed by atoms with Crippen LogP contribution >= 0.6 is 15.9 Å². The highest BCUT2D eigenvalue weighted by Crippen LogP contribution is 2.37. The summed E-state index contributed by atoms with van der Waals surface area (Å²) in [4.78, 5) is 7.16. The Morgan fingerprint density at radius 2 is 1.94 bits per heavy atom. The largest absolute Gasteiger partial charge is 0.353 e. The summed E-state index contributed by atoms with van der Waals surface area (Å²) in [6.07, 6.45) is 8.40. The first-order chi connectivity index (χ1) is 8.34. The van der Waals surface area contributed by atoms with Crippen LogP contribution in [0.15, 0.2) is 22.8 Å². The molecule has 0 bridgehead atoms. The molecule has 0 amide bonds. The maximum absolute atomic E-state index is 4.62. The molecule has 0 aromatic carbocycles. The van der Waals surface area contributed by atoms with Crippen LogP contribution in [0.2, 0.25) is 0 Å². The van der Waals surface area contributed by atoms with Crippen molar-refractivity contribution in [3.8, 4) is 0 Å². The highest BCUT2D eigenvalue weighted by Gasteiger charge is 2.33. The number of nitrogens with zero attached hydrogens (tertiary/aromatic N) is 2. The van der Waals surface area contributed by atoms with Crippen LogP contribution in [0.4, 0.5) is 5.82 Å². The zero-order valence-corrected chi connectivity index (χ0v) is 11.7. The van der Waals surface area contributed by atoms with E-state index in [2.05, 4.69) is 37.9 Å². The summed E-state index contributed by atoms with van der Waals surface area (Å²) in [6.45, 7) is 1.19. The van der Waals surface area contributed by atoms with Gasteiger partial charge in [-0.05, 0) is 59.7 Å². The molecule has 0 spiro atoms. The van der Waals surface area contributed by atoms with E-state index in [4.69, 9.17) is 0 Å². The van der Waals surface area contributed by atoms with Gasteiger partial charge in [0.1, 0.15) is 10.4 Å². The van der Waals surface area contributed by atoms with E-state index in [1.165, 1.54) is 45.1 Å². The normalized spacial score (nSPS) is 25.7. The molecule has 92 valence electrons. The van der Waals surface area contributed by atoms with Gasteiger partial charge in [-0.3, -0.25) is 0 Å². The smallest absolute Gasteiger partial charge is 0.130 e. The summed E-state index contributed by atoms with van der Waals surface area (Å²) >= 11 is 3.47. The molecular formula is C14H19BrN2. The number of anilines is 1. The van der Waals surface area contributed by atoms with E-state index < -0.39 is 0 Å². The third-order valence-electron chi connectivity index (χ3n) is 4.24. The van der Waals surface area contributed by atoms with Crippen LogP contribution in [0.25, 0.3) is 0 Å². The van der Waals surface area contributed by atoms with Crippen molar-refractivity contribution < 1.29 is 0 Å². The Morgan fingerprint density at radius 3 is 2.71 bits per heavy atom. The van der Waals surface area contributed by atoms with Crippen LogP contribution in [-0.2, 0) is 0 Å². The minimum Gasteiger partial charge on any atom is -0.353 e. The van der Waals surface area contributed by atoms with E-state index in [9.17, 15) is 0 Å². The lowest BCUT2D eigenvalue weighted by Crippen LogP contribution is -2.35. The van der Waals surface area contributed by atoms with Crippen LogP contribution in [0.3, 0.4) is 0 Å². The maximum atomic E-state index is 4.62. The average Bonchev–Trinajstić information content (AvgIpc) is 3.00. The van der Waals surface area contributed by atoms with Crippen molar-refractivity contribution in [2.24, 2.45) is 5.92 Å². The zero-order valence-electron chi connectivity index (χ0n) is 10.1. The molecule has 2 fully saturated rings. The minimum absolute atomic E-state index is 0.749. The van der Waals surface area contributed by atoms with E-state index in [1.807, 2.05) is 6.07 Å². The van der Waals surface area contributed by atoms with Crippen LogP contribution in [0.5, 0.6) is 0 Å². The molecule has 2 heterocycles. The number of hydrogen-bond donors (Lipinski definition) is 0. The van der Waals surface area contributed by atoms with Gasteiger partial charge in [0.25, 0.3) is 0 Å². The highest BCUT2D eigenvalue weighted by molar-refractivity contribution is 9.10. The first-order valence-corrected chi connectivity index (χ1v) is 7.53. The summed E-state index contributed by atoms with van der Waals surface area (Å²) < 4.78 is 0.951. The average molecular weight is 295 g/mol. The monoisotopic (exact) mass is 294 g/mol. The second-order valence-electron chi connectivity index (χ2n) is 5.27. The second-order valence-corrected chi connectivity index (χ2v) is 6.08. The summed E-state index contributed by atoms with van der Waals surface area (Å²) in [5.41, 5.74) is 0. The Bertz CT molecular complexity index is 388. The standard InChI is InChI=1S/C14H19BrN2/c15-13-8-3-9-14(16-13)17-10-4-7-12(17)11-5-1-2-6-11/h3,8-9,11-12H,1-2,4-7,10H2. The van der Waals surface area contributed by atoms with Crippen LogP contribution in [0, 0.1) is 5.92 Å². The van der Waals surface area contributed by atoms with Crippen LogP contribution < -0.4 is 4.90 Å². The third-order valence-corrected chi connectivity index (χ3v) is 4.68. The van der Waals surface area contributed by atoms with Crippen molar-refractivity contribution in [3.05, 3.63) is 22.8 Å². The lowest BCUT2D eigenvalue weighted by Gasteiger charge is -2.30. The predicted octanol–water partition coefficient (Wildman–Crippen LogP) is 4.00. The fraction of sp³-hybridized carbons (Fsp3) is 0.643. The molecular weight excluding hydrogens is 276 g/mol. The zero-order chi connectivity index (χ0) is 11.7. The minimum atomic E-state index is 0.749. The molecule has 1 saturated heterocycles. The number of halogens is 1. The molecule has 1 saturated carbocycles. The maximum Gasteiger partial charge on any atom is 0.130 e. The molecule has 3 rings (SSSR count). The van der Waals surface area contributed by atoms with Gasteiger partial charge in [-0.25, -0.2) is 4.98 Å². The van der Waals surface area contributed by atoms with Gasteiger partial charge in [0.2, 0.25) is 0 Å². The molecule has 1 aliphatic carbocycles. The molecule has 2 nitrogen and oxygen atoms in total. The lowest BCUT2D eigenvalue weighted by molar-refractivity contribution is 0.429. The number of pyridine rings is 1. The fourth-order valence-electron chi connectivity index (χ4n) is 3.47. The first kappa shape index (κ1) is 11.5. The van der Waals surface area contributed by atoms with E-state index in [-0.39, 0.29) is 0 Å². The second kappa shape index (κ2) is 4.97. The molecule has 17 heavy (non-hydrogen) atoms. The van der Waals surface area contributed by atoms with Gasteiger partial charge in [-0.1, -0.05) is 18.9 Å². The lowest BCUT2D eigenvalue weighted by atomic mass is 9.96. The quantitative estimate of drug-likeness (QED) is 0.767. The van der Waals surface area contributed by atoms with Gasteiger partial charge >= 0.3 is 0 Å². The Morgan fingerprint density at radius 1 is 1.12 bits per heavy atom. The van der Waals surface area contributed by atoms with Gasteiger partial charge in [-0.2, -0.15) is 0 Å². The molecule has 1 aromatic heterocycles. The molecule has 1 atom stereocenters. The van der Waals surface area contributed by atoms with Gasteiger partial charge in [0.05, 0.1) is 0 Å². The Hall–Kier alpha value is -0.570. The van der Waals surface area contributed by atoms with E-state index in [0.717, 1.165) is 22.4 Å². The Balaban J connectivity index is 1.81. The number of aromatic nitrogens is 1. The van der Waals surface area contributed by atoms with Gasteiger partial charge in [0.15, 0.2) is 0 Å². The van der Waals surface area contributed by atoms with Crippen LogP contribution in [-0.4, -0.2) is 17.6 Å². The fourth-order valence-corrected chi connectivity index (χ4v) is 3.80. The molecule has 2 aliphatic rings. The van der Waals surface area contributed by atoms with Crippen molar-refractivity contribution in [1.29, 1.82) is 0 Å². The molecule has 1 unspecified atom stereocenters. The van der Waals surface area contributed by atoms with Crippen molar-refractivity contribution >= 4 is 21.7 Å². The summed E-state index contributed by atoms with van der Waals surface area (Å²) in [6, 6.07) is 7.00. The third kappa shape index (κ3) is 2.35. The predicted molar refractivity (Wildman–Crippen MR) is 74.3 cm³/mol.